The van der Waals surface area contributed by atoms with Crippen molar-refractivity contribution >= 4 is 22.0 Å². The normalized spacial score (nSPS) is 21.9. The van der Waals surface area contributed by atoms with Gasteiger partial charge < -0.3 is 19.5 Å². The van der Waals surface area contributed by atoms with Crippen LogP contribution in [0.3, 0.4) is 0 Å². The monoisotopic (exact) mass is 530 g/mol. The average molecular weight is 531 g/mol. The van der Waals surface area contributed by atoms with Gasteiger partial charge in [0.1, 0.15) is 5.54 Å². The quantitative estimate of drug-likeness (QED) is 0.491. The summed E-state index contributed by atoms with van der Waals surface area (Å²) in [7, 11) is -1.26. The lowest BCUT2D eigenvalue weighted by Gasteiger charge is -2.28. The molecule has 0 bridgehead atoms. The summed E-state index contributed by atoms with van der Waals surface area (Å²) >= 11 is 0. The number of rotatable bonds is 8. The molecule has 2 aromatic carbocycles. The van der Waals surface area contributed by atoms with Crippen molar-refractivity contribution in [1.82, 2.24) is 10.0 Å². The van der Waals surface area contributed by atoms with Crippen LogP contribution >= 0.6 is 0 Å². The first-order chi connectivity index (χ1) is 17.7. The van der Waals surface area contributed by atoms with Crippen LogP contribution in [0.2, 0.25) is 0 Å². The largest absolute Gasteiger partial charge is 0.493 e. The summed E-state index contributed by atoms with van der Waals surface area (Å²) in [4.78, 5) is 25.6. The van der Waals surface area contributed by atoms with E-state index in [1.165, 1.54) is 19.2 Å². The Hall–Kier alpha value is -3.27. The predicted molar refractivity (Wildman–Crippen MR) is 137 cm³/mol. The molecule has 2 aliphatic rings. The Kier molecular flexibility index (Phi) is 7.96. The van der Waals surface area contributed by atoms with Crippen LogP contribution in [0.4, 0.5) is 4.79 Å². The maximum absolute atomic E-state index is 12.9. The van der Waals surface area contributed by atoms with Gasteiger partial charge in [-0.2, -0.15) is 0 Å². The van der Waals surface area contributed by atoms with Gasteiger partial charge in [-0.3, -0.25) is 0 Å². The maximum atomic E-state index is 12.9. The summed E-state index contributed by atoms with van der Waals surface area (Å²) in [6.07, 6.45) is 5.60. The Morgan fingerprint density at radius 2 is 1.68 bits per heavy atom. The number of hydrogen-bond donors (Lipinski definition) is 2. The second-order valence-electron chi connectivity index (χ2n) is 9.82. The molecule has 2 aromatic rings. The number of hydrogen-bond acceptors (Lipinski definition) is 7. The van der Waals surface area contributed by atoms with Gasteiger partial charge in [-0.25, -0.2) is 22.7 Å². The van der Waals surface area contributed by atoms with Crippen LogP contribution in [0.15, 0.2) is 47.4 Å². The second-order valence-corrected chi connectivity index (χ2v) is 11.5. The van der Waals surface area contributed by atoms with Crippen molar-refractivity contribution in [1.29, 1.82) is 0 Å². The summed E-state index contributed by atoms with van der Waals surface area (Å²) in [5.41, 5.74) is 0.480. The molecular formula is C27H34N2O7S. The molecule has 2 N–H and O–H groups in total. The van der Waals surface area contributed by atoms with Gasteiger partial charge >= 0.3 is 12.0 Å². The highest BCUT2D eigenvalue weighted by Gasteiger charge is 2.48. The number of nitrogens with one attached hydrogen (secondary N) is 2. The smallest absolute Gasteiger partial charge is 0.331 e. The molecule has 0 radical (unpaired) electrons. The van der Waals surface area contributed by atoms with E-state index in [1.54, 1.807) is 19.2 Å². The van der Waals surface area contributed by atoms with Crippen LogP contribution in [0.5, 0.6) is 11.5 Å². The van der Waals surface area contributed by atoms with Crippen LogP contribution in [-0.4, -0.2) is 46.3 Å². The highest BCUT2D eigenvalue weighted by molar-refractivity contribution is 7.90. The van der Waals surface area contributed by atoms with E-state index in [0.717, 1.165) is 36.8 Å². The zero-order valence-corrected chi connectivity index (χ0v) is 22.2. The number of esters is 1. The molecule has 2 aliphatic carbocycles. The predicted octanol–water partition coefficient (Wildman–Crippen LogP) is 4.19. The lowest BCUT2D eigenvalue weighted by Crippen LogP contribution is -2.56. The van der Waals surface area contributed by atoms with E-state index in [1.807, 2.05) is 29.8 Å². The fourth-order valence-electron chi connectivity index (χ4n) is 5.24. The molecule has 2 fully saturated rings. The van der Waals surface area contributed by atoms with E-state index >= 15 is 0 Å². The van der Waals surface area contributed by atoms with Crippen molar-refractivity contribution in [3.63, 3.8) is 0 Å². The van der Waals surface area contributed by atoms with Crippen molar-refractivity contribution in [2.75, 3.05) is 14.2 Å². The van der Waals surface area contributed by atoms with Gasteiger partial charge in [-0.1, -0.05) is 23.8 Å². The third-order valence-corrected chi connectivity index (χ3v) is 8.60. The molecule has 0 aromatic heterocycles. The van der Waals surface area contributed by atoms with E-state index in [-0.39, 0.29) is 23.3 Å². The molecule has 10 heteroatoms. The van der Waals surface area contributed by atoms with Gasteiger partial charge in [0.25, 0.3) is 10.0 Å². The first-order valence-electron chi connectivity index (χ1n) is 12.5. The van der Waals surface area contributed by atoms with Crippen LogP contribution in [0.1, 0.15) is 62.0 Å². The Morgan fingerprint density at radius 3 is 2.32 bits per heavy atom. The summed E-state index contributed by atoms with van der Waals surface area (Å²) < 4.78 is 44.1. The standard InChI is InChI=1S/C27H34N2O7S/c1-18-8-11-22(12-9-18)37(32,33)29-26(31)28-27(25(30)35-3)15-14-20(17-27)19-10-13-23(34-2)24(16-19)36-21-6-4-5-7-21/h8-13,16,20-21H,4-7,14-15,17H2,1-3H3,(H2,28,29,31)/t20-,27-/m0/s1. The first kappa shape index (κ1) is 26.8. The van der Waals surface area contributed by atoms with E-state index in [4.69, 9.17) is 14.2 Å². The number of ether oxygens (including phenoxy) is 3. The molecule has 9 nitrogen and oxygen atoms in total. The zero-order chi connectivity index (χ0) is 26.6. The summed E-state index contributed by atoms with van der Waals surface area (Å²) in [5, 5.41) is 2.62. The minimum atomic E-state index is -4.11. The third-order valence-electron chi connectivity index (χ3n) is 7.26. The van der Waals surface area contributed by atoms with E-state index in [0.29, 0.717) is 24.3 Å². The number of aryl methyl sites for hydroxylation is 1. The fraction of sp³-hybridized carbons (Fsp3) is 0.481. The first-order valence-corrected chi connectivity index (χ1v) is 14.0. The molecule has 37 heavy (non-hydrogen) atoms. The van der Waals surface area contributed by atoms with Crippen molar-refractivity contribution in [3.05, 3.63) is 53.6 Å². The molecule has 0 unspecified atom stereocenters. The molecule has 0 aliphatic heterocycles. The Labute approximate surface area is 217 Å². The van der Waals surface area contributed by atoms with Crippen molar-refractivity contribution in [3.8, 4) is 11.5 Å². The fourth-order valence-corrected chi connectivity index (χ4v) is 6.15. The number of carbonyl (C=O) groups is 2. The van der Waals surface area contributed by atoms with Crippen molar-refractivity contribution in [2.24, 2.45) is 0 Å². The van der Waals surface area contributed by atoms with E-state index in [2.05, 4.69) is 5.32 Å². The Bertz CT molecular complexity index is 1240. The van der Waals surface area contributed by atoms with Gasteiger partial charge in [-0.05, 0) is 87.6 Å². The van der Waals surface area contributed by atoms with Crippen molar-refractivity contribution in [2.45, 2.75) is 74.3 Å². The van der Waals surface area contributed by atoms with Gasteiger partial charge in [0.2, 0.25) is 0 Å². The Morgan fingerprint density at radius 1 is 0.973 bits per heavy atom. The SMILES string of the molecule is COC(=O)[C@]1(NC(=O)NS(=O)(=O)c2ccc(C)cc2)CC[C@H](c2ccc(OC)c(OC3CCCC3)c2)C1. The minimum Gasteiger partial charge on any atom is -0.493 e. The van der Waals surface area contributed by atoms with Gasteiger partial charge in [0, 0.05) is 0 Å². The molecule has 2 atom stereocenters. The number of urea groups is 1. The highest BCUT2D eigenvalue weighted by Crippen LogP contribution is 2.44. The third kappa shape index (κ3) is 6.01. The number of benzene rings is 2. The van der Waals surface area contributed by atoms with Gasteiger partial charge in [-0.15, -0.1) is 0 Å². The topological polar surface area (TPSA) is 120 Å². The summed E-state index contributed by atoms with van der Waals surface area (Å²) in [6, 6.07) is 10.9. The molecule has 200 valence electrons. The molecule has 0 saturated heterocycles. The highest BCUT2D eigenvalue weighted by atomic mass is 32.2. The van der Waals surface area contributed by atoms with Crippen LogP contribution < -0.4 is 19.5 Å². The van der Waals surface area contributed by atoms with Gasteiger partial charge in [0.05, 0.1) is 25.2 Å². The molecule has 0 heterocycles. The number of sulfonamides is 1. The molecule has 0 spiro atoms. The van der Waals surface area contributed by atoms with E-state index < -0.39 is 27.6 Å². The maximum Gasteiger partial charge on any atom is 0.331 e. The van der Waals surface area contributed by atoms with Gasteiger partial charge in [0.15, 0.2) is 11.5 Å². The number of carbonyl (C=O) groups excluding carboxylic acids is 2. The van der Waals surface area contributed by atoms with Crippen LogP contribution in [-0.2, 0) is 19.6 Å². The lowest BCUT2D eigenvalue weighted by atomic mass is 9.92. The van der Waals surface area contributed by atoms with Crippen LogP contribution in [0.25, 0.3) is 0 Å². The lowest BCUT2D eigenvalue weighted by molar-refractivity contribution is -0.148. The number of methoxy groups -OCH3 is 2. The van der Waals surface area contributed by atoms with Crippen LogP contribution in [0, 0.1) is 6.92 Å². The average Bonchev–Trinajstić information content (AvgIpc) is 3.54. The zero-order valence-electron chi connectivity index (χ0n) is 21.4. The second kappa shape index (κ2) is 11.0. The van der Waals surface area contributed by atoms with Crippen molar-refractivity contribution < 1.29 is 32.2 Å². The molecular weight excluding hydrogens is 496 g/mol. The molecule has 2 saturated carbocycles. The molecule has 2 amide bonds. The number of amides is 2. The minimum absolute atomic E-state index is 0.0438. The Balaban J connectivity index is 1.51. The molecule has 4 rings (SSSR count). The van der Waals surface area contributed by atoms with E-state index in [9.17, 15) is 18.0 Å². The summed E-state index contributed by atoms with van der Waals surface area (Å²) in [6.45, 7) is 1.83. The summed E-state index contributed by atoms with van der Waals surface area (Å²) in [5.74, 6) is 0.614.